The number of rotatable bonds is 3. The van der Waals surface area contributed by atoms with Gasteiger partial charge >= 0.3 is 12.0 Å². The lowest BCUT2D eigenvalue weighted by molar-refractivity contribution is -0.143. The van der Waals surface area contributed by atoms with Crippen molar-refractivity contribution in [2.24, 2.45) is 5.92 Å². The lowest BCUT2D eigenvalue weighted by atomic mass is 10.0. The minimum atomic E-state index is -1.22. The van der Waals surface area contributed by atoms with E-state index in [2.05, 4.69) is 19.2 Å². The van der Waals surface area contributed by atoms with Gasteiger partial charge in [0.2, 0.25) is 0 Å². The van der Waals surface area contributed by atoms with Gasteiger partial charge in [0.25, 0.3) is 0 Å². The molecular formula is C12H22N2O3. The van der Waals surface area contributed by atoms with Crippen LogP contribution in [0.25, 0.3) is 0 Å². The lowest BCUT2D eigenvalue weighted by Crippen LogP contribution is -2.55. The Morgan fingerprint density at radius 1 is 1.41 bits per heavy atom. The van der Waals surface area contributed by atoms with Gasteiger partial charge in [-0.1, -0.05) is 13.8 Å². The highest BCUT2D eigenvalue weighted by molar-refractivity contribution is 5.85. The Balaban J connectivity index is 2.67. The molecule has 1 aliphatic heterocycles. The van der Waals surface area contributed by atoms with Gasteiger partial charge in [-0.3, -0.25) is 0 Å². The van der Waals surface area contributed by atoms with Gasteiger partial charge in [0.05, 0.1) is 0 Å². The Hall–Kier alpha value is -1.26. The first-order chi connectivity index (χ1) is 7.75. The van der Waals surface area contributed by atoms with Crippen LogP contribution in [0.15, 0.2) is 0 Å². The average molecular weight is 242 g/mol. The summed E-state index contributed by atoms with van der Waals surface area (Å²) in [7, 11) is 0. The van der Waals surface area contributed by atoms with E-state index in [0.717, 1.165) is 12.8 Å². The van der Waals surface area contributed by atoms with Crippen molar-refractivity contribution in [3.8, 4) is 0 Å². The van der Waals surface area contributed by atoms with E-state index >= 15 is 0 Å². The molecule has 1 fully saturated rings. The Kier molecular flexibility index (Phi) is 4.01. The van der Waals surface area contributed by atoms with Crippen LogP contribution in [0, 0.1) is 5.92 Å². The number of nitrogens with one attached hydrogen (secondary N) is 1. The van der Waals surface area contributed by atoms with Gasteiger partial charge in [-0.05, 0) is 32.6 Å². The highest BCUT2D eigenvalue weighted by Gasteiger charge is 2.35. The van der Waals surface area contributed by atoms with Crippen molar-refractivity contribution in [3.05, 3.63) is 0 Å². The lowest BCUT2D eigenvalue weighted by Gasteiger charge is -2.31. The molecule has 0 spiro atoms. The zero-order valence-corrected chi connectivity index (χ0v) is 11.0. The number of carbonyl (C=O) groups is 2. The third kappa shape index (κ3) is 3.11. The first kappa shape index (κ1) is 13.8. The number of hydrogen-bond donors (Lipinski definition) is 2. The highest BCUT2D eigenvalue weighted by atomic mass is 16.4. The fraction of sp³-hybridized carbons (Fsp3) is 0.833. The number of amides is 2. The van der Waals surface area contributed by atoms with E-state index in [9.17, 15) is 9.59 Å². The van der Waals surface area contributed by atoms with Crippen molar-refractivity contribution in [2.45, 2.75) is 52.1 Å². The highest BCUT2D eigenvalue weighted by Crippen LogP contribution is 2.24. The van der Waals surface area contributed by atoms with Gasteiger partial charge in [-0.2, -0.15) is 0 Å². The molecule has 1 heterocycles. The Morgan fingerprint density at radius 2 is 2.00 bits per heavy atom. The SMILES string of the molecule is CC(C)C1CCCN1C(=O)NC(C)(C)C(=O)O. The van der Waals surface area contributed by atoms with E-state index in [1.54, 1.807) is 4.90 Å². The van der Waals surface area contributed by atoms with Crippen molar-refractivity contribution in [2.75, 3.05) is 6.54 Å². The predicted octanol–water partition coefficient (Wildman–Crippen LogP) is 1.68. The van der Waals surface area contributed by atoms with Crippen molar-refractivity contribution in [1.82, 2.24) is 10.2 Å². The molecule has 0 aromatic carbocycles. The molecule has 17 heavy (non-hydrogen) atoms. The molecule has 0 aromatic heterocycles. The quantitative estimate of drug-likeness (QED) is 0.791. The molecule has 1 aliphatic rings. The number of likely N-dealkylation sites (tertiary alicyclic amines) is 1. The fourth-order valence-corrected chi connectivity index (χ4v) is 2.13. The Morgan fingerprint density at radius 3 is 2.47 bits per heavy atom. The molecule has 5 nitrogen and oxygen atoms in total. The molecule has 1 atom stereocenters. The van der Waals surface area contributed by atoms with Crippen molar-refractivity contribution >= 4 is 12.0 Å². The number of carboxylic acid groups (broad SMARTS) is 1. The molecule has 0 saturated carbocycles. The normalized spacial score (nSPS) is 20.8. The molecule has 0 bridgehead atoms. The maximum absolute atomic E-state index is 12.0. The second-order valence-corrected chi connectivity index (χ2v) is 5.51. The zero-order valence-electron chi connectivity index (χ0n) is 11.0. The van der Waals surface area contributed by atoms with Crippen LogP contribution < -0.4 is 5.32 Å². The predicted molar refractivity (Wildman–Crippen MR) is 64.8 cm³/mol. The van der Waals surface area contributed by atoms with Crippen LogP contribution in [0.5, 0.6) is 0 Å². The smallest absolute Gasteiger partial charge is 0.328 e. The van der Waals surface area contributed by atoms with E-state index < -0.39 is 11.5 Å². The number of nitrogens with zero attached hydrogens (tertiary/aromatic N) is 1. The van der Waals surface area contributed by atoms with E-state index in [0.29, 0.717) is 12.5 Å². The van der Waals surface area contributed by atoms with Gasteiger partial charge in [-0.25, -0.2) is 9.59 Å². The average Bonchev–Trinajstić information content (AvgIpc) is 2.64. The van der Waals surface area contributed by atoms with Crippen LogP contribution in [0.1, 0.15) is 40.5 Å². The maximum atomic E-state index is 12.0. The summed E-state index contributed by atoms with van der Waals surface area (Å²) in [6.07, 6.45) is 1.99. The van der Waals surface area contributed by atoms with E-state index in [1.807, 2.05) is 0 Å². The third-order valence-corrected chi connectivity index (χ3v) is 3.28. The van der Waals surface area contributed by atoms with Crippen LogP contribution >= 0.6 is 0 Å². The minimum Gasteiger partial charge on any atom is -0.480 e. The summed E-state index contributed by atoms with van der Waals surface area (Å²) >= 11 is 0. The van der Waals surface area contributed by atoms with Crippen molar-refractivity contribution in [3.63, 3.8) is 0 Å². The molecule has 0 aromatic rings. The van der Waals surface area contributed by atoms with Gasteiger partial charge in [0, 0.05) is 12.6 Å². The molecular weight excluding hydrogens is 220 g/mol. The first-order valence-corrected chi connectivity index (χ1v) is 6.08. The maximum Gasteiger partial charge on any atom is 0.328 e. The number of urea groups is 1. The minimum absolute atomic E-state index is 0.222. The number of aliphatic carboxylic acids is 1. The molecule has 1 unspecified atom stereocenters. The van der Waals surface area contributed by atoms with Crippen LogP contribution in [0.4, 0.5) is 4.79 Å². The summed E-state index contributed by atoms with van der Waals surface area (Å²) in [4.78, 5) is 24.7. The number of carbonyl (C=O) groups excluding carboxylic acids is 1. The van der Waals surface area contributed by atoms with E-state index in [4.69, 9.17) is 5.11 Å². The van der Waals surface area contributed by atoms with Gasteiger partial charge < -0.3 is 15.3 Å². The van der Waals surface area contributed by atoms with Gasteiger partial charge in [-0.15, -0.1) is 0 Å². The molecule has 0 aliphatic carbocycles. The molecule has 5 heteroatoms. The van der Waals surface area contributed by atoms with Crippen LogP contribution in [-0.4, -0.2) is 40.1 Å². The summed E-state index contributed by atoms with van der Waals surface area (Å²) in [5.74, 6) is -0.623. The van der Waals surface area contributed by atoms with Gasteiger partial charge in [0.1, 0.15) is 5.54 Å². The molecule has 2 amide bonds. The third-order valence-electron chi connectivity index (χ3n) is 3.28. The van der Waals surface area contributed by atoms with Crippen LogP contribution in [0.3, 0.4) is 0 Å². The van der Waals surface area contributed by atoms with Crippen molar-refractivity contribution in [1.29, 1.82) is 0 Å². The second kappa shape index (κ2) is 4.94. The Bertz CT molecular complexity index is 313. The Labute approximate surface area is 102 Å². The zero-order chi connectivity index (χ0) is 13.2. The monoisotopic (exact) mass is 242 g/mol. The second-order valence-electron chi connectivity index (χ2n) is 5.51. The van der Waals surface area contributed by atoms with Crippen LogP contribution in [0.2, 0.25) is 0 Å². The molecule has 1 saturated heterocycles. The summed E-state index contributed by atoms with van der Waals surface area (Å²) < 4.78 is 0. The summed E-state index contributed by atoms with van der Waals surface area (Å²) in [5, 5.41) is 11.5. The first-order valence-electron chi connectivity index (χ1n) is 6.08. The number of carboxylic acids is 1. The van der Waals surface area contributed by atoms with Crippen molar-refractivity contribution < 1.29 is 14.7 Å². The summed E-state index contributed by atoms with van der Waals surface area (Å²) in [6, 6.07) is -0.0480. The van der Waals surface area contributed by atoms with E-state index in [1.165, 1.54) is 13.8 Å². The van der Waals surface area contributed by atoms with E-state index in [-0.39, 0.29) is 12.1 Å². The number of hydrogen-bond acceptors (Lipinski definition) is 2. The van der Waals surface area contributed by atoms with Gasteiger partial charge in [0.15, 0.2) is 0 Å². The molecule has 1 rings (SSSR count). The molecule has 0 radical (unpaired) electrons. The fourth-order valence-electron chi connectivity index (χ4n) is 2.13. The largest absolute Gasteiger partial charge is 0.480 e. The summed E-state index contributed by atoms with van der Waals surface area (Å²) in [6.45, 7) is 7.86. The molecule has 98 valence electrons. The topological polar surface area (TPSA) is 69.6 Å². The van der Waals surface area contributed by atoms with Crippen LogP contribution in [-0.2, 0) is 4.79 Å². The standard InChI is InChI=1S/C12H22N2O3/c1-8(2)9-6-5-7-14(9)11(17)13-12(3,4)10(15)16/h8-9H,5-7H2,1-4H3,(H,13,17)(H,15,16). The molecule has 2 N–H and O–H groups in total. The summed E-state index contributed by atoms with van der Waals surface area (Å²) in [5.41, 5.74) is -1.22.